The van der Waals surface area contributed by atoms with Crippen LogP contribution in [0.4, 0.5) is 0 Å². The summed E-state index contributed by atoms with van der Waals surface area (Å²) in [5.74, 6) is 1.92. The quantitative estimate of drug-likeness (QED) is 0.702. The average Bonchev–Trinajstić information content (AvgIpc) is 3.36. The van der Waals surface area contributed by atoms with Gasteiger partial charge in [0, 0.05) is 13.1 Å². The van der Waals surface area contributed by atoms with E-state index in [1.54, 1.807) is 43.5 Å². The Morgan fingerprint density at radius 3 is 2.81 bits per heavy atom. The summed E-state index contributed by atoms with van der Waals surface area (Å²) in [6, 6.07) is 12.5. The molecule has 3 rings (SSSR count). The van der Waals surface area contributed by atoms with E-state index in [1.807, 2.05) is 31.2 Å². The van der Waals surface area contributed by atoms with Crippen molar-refractivity contribution in [2.24, 2.45) is 0 Å². The molecule has 26 heavy (non-hydrogen) atoms. The minimum absolute atomic E-state index is 0.189. The summed E-state index contributed by atoms with van der Waals surface area (Å²) >= 11 is 0. The topological polar surface area (TPSA) is 80.6 Å². The molecule has 0 bridgehead atoms. The third-order valence-electron chi connectivity index (χ3n) is 4.14. The van der Waals surface area contributed by atoms with Crippen molar-refractivity contribution in [2.75, 3.05) is 14.2 Å². The van der Waals surface area contributed by atoms with Crippen LogP contribution in [-0.4, -0.2) is 35.2 Å². The van der Waals surface area contributed by atoms with Gasteiger partial charge in [-0.3, -0.25) is 9.89 Å². The molecule has 0 saturated heterocycles. The predicted octanol–water partition coefficient (Wildman–Crippen LogP) is 3.42. The first-order valence-electron chi connectivity index (χ1n) is 8.20. The number of rotatable bonds is 7. The van der Waals surface area contributed by atoms with Crippen LogP contribution in [0.2, 0.25) is 0 Å². The van der Waals surface area contributed by atoms with E-state index in [-0.39, 0.29) is 18.6 Å². The van der Waals surface area contributed by atoms with Gasteiger partial charge in [0.2, 0.25) is 0 Å². The zero-order chi connectivity index (χ0) is 18.5. The van der Waals surface area contributed by atoms with E-state index in [9.17, 15) is 4.79 Å². The number of H-pyrrole nitrogens is 1. The van der Waals surface area contributed by atoms with Gasteiger partial charge in [0.05, 0.1) is 25.1 Å². The lowest BCUT2D eigenvalue weighted by molar-refractivity contribution is 0.0720. The maximum Gasteiger partial charge on any atom is 0.274 e. The normalized spacial score (nSPS) is 11.8. The van der Waals surface area contributed by atoms with Crippen LogP contribution in [0.25, 0.3) is 0 Å². The third kappa shape index (κ3) is 3.88. The number of nitrogens with one attached hydrogen (secondary N) is 1. The molecule has 1 amide bonds. The minimum atomic E-state index is -0.196. The van der Waals surface area contributed by atoms with Crippen molar-refractivity contribution in [3.8, 4) is 11.5 Å². The fourth-order valence-corrected chi connectivity index (χ4v) is 2.47. The van der Waals surface area contributed by atoms with Gasteiger partial charge in [-0.15, -0.1) is 0 Å². The smallest absolute Gasteiger partial charge is 0.274 e. The number of nitrogens with zero attached hydrogens (tertiary/aromatic N) is 2. The molecule has 136 valence electrons. The first kappa shape index (κ1) is 17.6. The summed E-state index contributed by atoms with van der Waals surface area (Å²) in [5.41, 5.74) is 1.03. The molecule has 0 aliphatic carbocycles. The van der Waals surface area contributed by atoms with Crippen molar-refractivity contribution in [2.45, 2.75) is 19.6 Å². The molecular weight excluding hydrogens is 334 g/mol. The third-order valence-corrected chi connectivity index (χ3v) is 4.14. The van der Waals surface area contributed by atoms with Crippen LogP contribution in [0, 0.1) is 0 Å². The second-order valence-corrected chi connectivity index (χ2v) is 5.85. The van der Waals surface area contributed by atoms with Crippen LogP contribution in [-0.2, 0) is 6.61 Å². The molecule has 0 radical (unpaired) electrons. The molecule has 0 saturated carbocycles. The molecule has 1 N–H and O–H groups in total. The van der Waals surface area contributed by atoms with Gasteiger partial charge in [-0.25, -0.2) is 0 Å². The van der Waals surface area contributed by atoms with Gasteiger partial charge in [-0.05, 0) is 37.3 Å². The number of benzene rings is 1. The highest BCUT2D eigenvalue weighted by Crippen LogP contribution is 2.22. The molecule has 0 aliphatic heterocycles. The lowest BCUT2D eigenvalue weighted by Crippen LogP contribution is -2.29. The van der Waals surface area contributed by atoms with Gasteiger partial charge in [0.25, 0.3) is 5.91 Å². The number of carbonyl (C=O) groups excluding carboxylic acids is 1. The summed E-state index contributed by atoms with van der Waals surface area (Å²) in [6.07, 6.45) is 1.59. The van der Waals surface area contributed by atoms with Gasteiger partial charge in [0.1, 0.15) is 23.9 Å². The van der Waals surface area contributed by atoms with Crippen molar-refractivity contribution < 1.29 is 18.7 Å². The first-order chi connectivity index (χ1) is 12.6. The van der Waals surface area contributed by atoms with Crippen LogP contribution < -0.4 is 9.47 Å². The van der Waals surface area contributed by atoms with Crippen molar-refractivity contribution in [1.29, 1.82) is 0 Å². The standard InChI is InChI=1S/C19H21N3O4/c1-13(18-8-5-9-25-18)22(2)19(23)17-10-14(20-21-17)12-26-16-7-4-6-15(11-16)24-3/h4-11,13H,12H2,1-3H3,(H,20,21)/t13-/m0/s1. The van der Waals surface area contributed by atoms with Gasteiger partial charge >= 0.3 is 0 Å². The highest BCUT2D eigenvalue weighted by Gasteiger charge is 2.22. The molecule has 0 spiro atoms. The SMILES string of the molecule is COc1cccc(OCc2cc(C(=O)N(C)[C@@H](C)c3ccco3)n[nH]2)c1. The molecule has 0 unspecified atom stereocenters. The largest absolute Gasteiger partial charge is 0.497 e. The molecule has 7 heteroatoms. The molecule has 7 nitrogen and oxygen atoms in total. The number of aromatic amines is 1. The Morgan fingerprint density at radius 2 is 2.08 bits per heavy atom. The Bertz CT molecular complexity index is 857. The maximum atomic E-state index is 12.6. The van der Waals surface area contributed by atoms with Crippen molar-refractivity contribution in [3.05, 3.63) is 65.9 Å². The number of hydrogen-bond donors (Lipinski definition) is 1. The van der Waals surface area contributed by atoms with Gasteiger partial charge in [0.15, 0.2) is 5.69 Å². The highest BCUT2D eigenvalue weighted by atomic mass is 16.5. The summed E-state index contributed by atoms with van der Waals surface area (Å²) in [5, 5.41) is 6.93. The Labute approximate surface area is 151 Å². The molecule has 1 aromatic carbocycles. The van der Waals surface area contributed by atoms with Crippen LogP contribution in [0.5, 0.6) is 11.5 Å². The van der Waals surface area contributed by atoms with Crippen molar-refractivity contribution in [3.63, 3.8) is 0 Å². The van der Waals surface area contributed by atoms with Crippen molar-refractivity contribution in [1.82, 2.24) is 15.1 Å². The number of amides is 1. The number of furan rings is 1. The monoisotopic (exact) mass is 355 g/mol. The van der Waals surface area contributed by atoms with Crippen LogP contribution in [0.1, 0.15) is 34.9 Å². The number of methoxy groups -OCH3 is 1. The van der Waals surface area contributed by atoms with E-state index in [4.69, 9.17) is 13.9 Å². The second-order valence-electron chi connectivity index (χ2n) is 5.85. The van der Waals surface area contributed by atoms with Crippen LogP contribution in [0.15, 0.2) is 53.1 Å². The van der Waals surface area contributed by atoms with Crippen LogP contribution >= 0.6 is 0 Å². The predicted molar refractivity (Wildman–Crippen MR) is 95.1 cm³/mol. The fourth-order valence-electron chi connectivity index (χ4n) is 2.47. The number of ether oxygens (including phenoxy) is 2. The van der Waals surface area contributed by atoms with Gasteiger partial charge in [-0.2, -0.15) is 5.10 Å². The minimum Gasteiger partial charge on any atom is -0.497 e. The number of hydrogen-bond acceptors (Lipinski definition) is 5. The molecule has 0 fully saturated rings. The molecular formula is C19H21N3O4. The first-order valence-corrected chi connectivity index (χ1v) is 8.20. The summed E-state index contributed by atoms with van der Waals surface area (Å²) in [4.78, 5) is 14.2. The van der Waals surface area contributed by atoms with Crippen LogP contribution in [0.3, 0.4) is 0 Å². The molecule has 3 aromatic rings. The summed E-state index contributed by atoms with van der Waals surface area (Å²) in [6.45, 7) is 2.17. The molecule has 0 aliphatic rings. The number of aromatic nitrogens is 2. The lowest BCUT2D eigenvalue weighted by atomic mass is 10.2. The average molecular weight is 355 g/mol. The van der Waals surface area contributed by atoms with E-state index < -0.39 is 0 Å². The molecule has 2 heterocycles. The Morgan fingerprint density at radius 1 is 1.27 bits per heavy atom. The highest BCUT2D eigenvalue weighted by molar-refractivity contribution is 5.92. The van der Waals surface area contributed by atoms with E-state index in [2.05, 4.69) is 10.2 Å². The number of carbonyl (C=O) groups is 1. The Kier molecular flexibility index (Phi) is 5.26. The lowest BCUT2D eigenvalue weighted by Gasteiger charge is -2.22. The van der Waals surface area contributed by atoms with E-state index >= 15 is 0 Å². The molecule has 1 atom stereocenters. The maximum absolute atomic E-state index is 12.6. The van der Waals surface area contributed by atoms with E-state index in [0.717, 1.165) is 11.5 Å². The zero-order valence-electron chi connectivity index (χ0n) is 14.9. The Balaban J connectivity index is 1.62. The summed E-state index contributed by atoms with van der Waals surface area (Å²) < 4.78 is 16.2. The van der Waals surface area contributed by atoms with Crippen molar-refractivity contribution >= 4 is 5.91 Å². The zero-order valence-corrected chi connectivity index (χ0v) is 14.9. The van der Waals surface area contributed by atoms with E-state index in [1.165, 1.54) is 0 Å². The fraction of sp³-hybridized carbons (Fsp3) is 0.263. The van der Waals surface area contributed by atoms with Gasteiger partial charge < -0.3 is 18.8 Å². The second kappa shape index (κ2) is 7.77. The van der Waals surface area contributed by atoms with E-state index in [0.29, 0.717) is 17.1 Å². The summed E-state index contributed by atoms with van der Waals surface area (Å²) in [7, 11) is 3.32. The van der Waals surface area contributed by atoms with Gasteiger partial charge in [-0.1, -0.05) is 6.07 Å². The Hall–Kier alpha value is -3.22. The molecule has 2 aromatic heterocycles.